The van der Waals surface area contributed by atoms with Gasteiger partial charge >= 0.3 is 0 Å². The molecular formula is C19H24N4O2. The number of rotatable bonds is 4. The number of aromatic amines is 1. The fourth-order valence-corrected chi connectivity index (χ4v) is 3.33. The maximum atomic E-state index is 12.6. The van der Waals surface area contributed by atoms with E-state index >= 15 is 0 Å². The summed E-state index contributed by atoms with van der Waals surface area (Å²) >= 11 is 0. The summed E-state index contributed by atoms with van der Waals surface area (Å²) in [6.45, 7) is 2.31. The summed E-state index contributed by atoms with van der Waals surface area (Å²) in [5.41, 5.74) is 1.42. The van der Waals surface area contributed by atoms with Crippen molar-refractivity contribution in [1.82, 2.24) is 19.8 Å². The van der Waals surface area contributed by atoms with Crippen LogP contribution < -0.4 is 5.56 Å². The normalized spacial score (nSPS) is 18.2. The minimum atomic E-state index is -0.191. The Balaban J connectivity index is 1.59. The molecule has 1 amide bonds. The van der Waals surface area contributed by atoms with Crippen LogP contribution in [0.25, 0.3) is 0 Å². The number of likely N-dealkylation sites (tertiary alicyclic amines) is 1. The molecule has 0 aliphatic carbocycles. The molecule has 0 bridgehead atoms. The van der Waals surface area contributed by atoms with Gasteiger partial charge in [-0.3, -0.25) is 19.5 Å². The van der Waals surface area contributed by atoms with Gasteiger partial charge in [0.15, 0.2) is 0 Å². The lowest BCUT2D eigenvalue weighted by molar-refractivity contribution is 0.0757. The number of hydrogen-bond donors (Lipinski definition) is 1. The van der Waals surface area contributed by atoms with Crippen molar-refractivity contribution in [3.05, 3.63) is 64.3 Å². The molecule has 0 spiro atoms. The van der Waals surface area contributed by atoms with Gasteiger partial charge in [-0.05, 0) is 44.5 Å². The molecule has 1 aliphatic heterocycles. The zero-order valence-corrected chi connectivity index (χ0v) is 14.5. The summed E-state index contributed by atoms with van der Waals surface area (Å²) in [5, 5.41) is 0. The lowest BCUT2D eigenvalue weighted by Crippen LogP contribution is -2.35. The first-order chi connectivity index (χ1) is 12.1. The summed E-state index contributed by atoms with van der Waals surface area (Å²) < 4.78 is 0. The van der Waals surface area contributed by atoms with E-state index in [0.717, 1.165) is 44.6 Å². The van der Waals surface area contributed by atoms with Gasteiger partial charge in [-0.1, -0.05) is 6.07 Å². The zero-order valence-electron chi connectivity index (χ0n) is 14.5. The molecule has 3 heterocycles. The second-order valence-electron chi connectivity index (χ2n) is 6.55. The van der Waals surface area contributed by atoms with Crippen LogP contribution in [0.5, 0.6) is 0 Å². The van der Waals surface area contributed by atoms with E-state index in [4.69, 9.17) is 0 Å². The molecule has 0 saturated carbocycles. The number of hydrogen-bond acceptors (Lipinski definition) is 4. The van der Waals surface area contributed by atoms with Crippen LogP contribution in [0.4, 0.5) is 0 Å². The third kappa shape index (κ3) is 4.54. The highest BCUT2D eigenvalue weighted by atomic mass is 16.2. The third-order valence-corrected chi connectivity index (χ3v) is 4.78. The molecule has 2 aromatic heterocycles. The summed E-state index contributed by atoms with van der Waals surface area (Å²) in [4.78, 5) is 34.9. The maximum Gasteiger partial charge on any atom is 0.255 e. The van der Waals surface area contributed by atoms with Gasteiger partial charge < -0.3 is 9.88 Å². The largest absolute Gasteiger partial charge is 0.339 e. The first kappa shape index (κ1) is 17.4. The molecule has 6 nitrogen and oxygen atoms in total. The van der Waals surface area contributed by atoms with Gasteiger partial charge in [-0.2, -0.15) is 0 Å². The Morgan fingerprint density at radius 3 is 2.88 bits per heavy atom. The average Bonchev–Trinajstić information content (AvgIpc) is 2.89. The molecule has 1 atom stereocenters. The Labute approximate surface area is 147 Å². The van der Waals surface area contributed by atoms with E-state index in [0.29, 0.717) is 11.6 Å². The Morgan fingerprint density at radius 2 is 2.16 bits per heavy atom. The van der Waals surface area contributed by atoms with Crippen LogP contribution in [0.2, 0.25) is 0 Å². The van der Waals surface area contributed by atoms with Gasteiger partial charge in [0.1, 0.15) is 0 Å². The number of amides is 1. The van der Waals surface area contributed by atoms with Crippen molar-refractivity contribution in [3.63, 3.8) is 0 Å². The summed E-state index contributed by atoms with van der Waals surface area (Å²) in [6.07, 6.45) is 6.31. The first-order valence-corrected chi connectivity index (χ1v) is 8.71. The van der Waals surface area contributed by atoms with Crippen LogP contribution in [0, 0.1) is 0 Å². The number of H-pyrrole nitrogens is 1. The predicted octanol–water partition coefficient (Wildman–Crippen LogP) is 1.90. The van der Waals surface area contributed by atoms with Crippen molar-refractivity contribution in [2.24, 2.45) is 0 Å². The van der Waals surface area contributed by atoms with Crippen molar-refractivity contribution < 1.29 is 4.79 Å². The fraction of sp³-hybridized carbons (Fsp3) is 0.421. The second kappa shape index (κ2) is 8.07. The smallest absolute Gasteiger partial charge is 0.255 e. The Morgan fingerprint density at radius 1 is 1.28 bits per heavy atom. The molecule has 1 aliphatic rings. The van der Waals surface area contributed by atoms with Crippen molar-refractivity contribution in [3.8, 4) is 0 Å². The minimum absolute atomic E-state index is 0.00993. The Bertz CT molecular complexity index is 739. The number of carbonyl (C=O) groups is 1. The molecule has 0 unspecified atom stereocenters. The minimum Gasteiger partial charge on any atom is -0.339 e. The lowest BCUT2D eigenvalue weighted by Gasteiger charge is -2.27. The summed E-state index contributed by atoms with van der Waals surface area (Å²) in [7, 11) is 2.12. The molecular weight excluding hydrogens is 316 g/mol. The highest BCUT2D eigenvalue weighted by molar-refractivity contribution is 5.93. The third-order valence-electron chi connectivity index (χ3n) is 4.78. The first-order valence-electron chi connectivity index (χ1n) is 8.71. The number of nitrogens with zero attached hydrogens (tertiary/aromatic N) is 3. The van der Waals surface area contributed by atoms with Crippen LogP contribution in [-0.4, -0.2) is 51.9 Å². The monoisotopic (exact) mass is 340 g/mol. The quantitative estimate of drug-likeness (QED) is 0.923. The van der Waals surface area contributed by atoms with Crippen LogP contribution in [0.15, 0.2) is 47.5 Å². The number of aromatic nitrogens is 2. The topological polar surface area (TPSA) is 69.3 Å². The molecule has 1 fully saturated rings. The van der Waals surface area contributed by atoms with Crippen molar-refractivity contribution in [2.45, 2.75) is 31.8 Å². The van der Waals surface area contributed by atoms with E-state index in [9.17, 15) is 9.59 Å². The number of carbonyl (C=O) groups excluding carboxylic acids is 1. The Kier molecular flexibility index (Phi) is 5.60. The molecule has 0 radical (unpaired) electrons. The van der Waals surface area contributed by atoms with E-state index in [1.165, 1.54) is 12.3 Å². The SMILES string of the molecule is CN(Cc1ccccn1)[C@@H]1CCCN(C(=O)c2ccc(=O)[nH]c2)CC1. The average molecular weight is 340 g/mol. The van der Waals surface area contributed by atoms with Gasteiger partial charge in [-0.25, -0.2) is 0 Å². The standard InChI is InChI=1S/C19H24N4O2/c1-22(14-16-5-2-3-10-20-16)17-6-4-11-23(12-9-17)19(25)15-7-8-18(24)21-13-15/h2-3,5,7-8,10,13,17H,4,6,9,11-12,14H2,1H3,(H,21,24)/t17-/m1/s1. The highest BCUT2D eigenvalue weighted by Crippen LogP contribution is 2.18. The van der Waals surface area contributed by atoms with Crippen molar-refractivity contribution in [1.29, 1.82) is 0 Å². The molecule has 0 aromatic carbocycles. The molecule has 3 rings (SSSR count). The van der Waals surface area contributed by atoms with E-state index in [-0.39, 0.29) is 11.5 Å². The lowest BCUT2D eigenvalue weighted by atomic mass is 10.1. The van der Waals surface area contributed by atoms with Crippen LogP contribution >= 0.6 is 0 Å². The van der Waals surface area contributed by atoms with Gasteiger partial charge in [0.2, 0.25) is 5.56 Å². The van der Waals surface area contributed by atoms with Gasteiger partial charge in [0.05, 0.1) is 11.3 Å². The molecule has 1 N–H and O–H groups in total. The van der Waals surface area contributed by atoms with Crippen LogP contribution in [-0.2, 0) is 6.54 Å². The molecule has 2 aromatic rings. The van der Waals surface area contributed by atoms with Crippen molar-refractivity contribution >= 4 is 5.91 Å². The van der Waals surface area contributed by atoms with Gasteiger partial charge in [-0.15, -0.1) is 0 Å². The van der Waals surface area contributed by atoms with Crippen LogP contribution in [0.3, 0.4) is 0 Å². The van der Waals surface area contributed by atoms with Crippen LogP contribution in [0.1, 0.15) is 35.3 Å². The van der Waals surface area contributed by atoms with E-state index in [1.807, 2.05) is 29.3 Å². The summed E-state index contributed by atoms with van der Waals surface area (Å²) in [5.74, 6) is -0.00993. The molecule has 25 heavy (non-hydrogen) atoms. The van der Waals surface area contributed by atoms with E-state index < -0.39 is 0 Å². The fourth-order valence-electron chi connectivity index (χ4n) is 3.33. The summed E-state index contributed by atoms with van der Waals surface area (Å²) in [6, 6.07) is 9.41. The number of nitrogens with one attached hydrogen (secondary N) is 1. The van der Waals surface area contributed by atoms with Gasteiger partial charge in [0.25, 0.3) is 5.91 Å². The Hall–Kier alpha value is -2.47. The predicted molar refractivity (Wildman–Crippen MR) is 96.3 cm³/mol. The van der Waals surface area contributed by atoms with Gasteiger partial charge in [0, 0.05) is 44.1 Å². The van der Waals surface area contributed by atoms with E-state index in [2.05, 4.69) is 21.9 Å². The molecule has 1 saturated heterocycles. The molecule has 132 valence electrons. The highest BCUT2D eigenvalue weighted by Gasteiger charge is 2.24. The van der Waals surface area contributed by atoms with E-state index in [1.54, 1.807) is 6.07 Å². The zero-order chi connectivity index (χ0) is 17.6. The maximum absolute atomic E-state index is 12.6. The number of pyridine rings is 2. The molecule has 6 heteroatoms. The van der Waals surface area contributed by atoms with Crippen molar-refractivity contribution in [2.75, 3.05) is 20.1 Å². The second-order valence-corrected chi connectivity index (χ2v) is 6.55.